The monoisotopic (exact) mass is 281 g/mol. The van der Waals surface area contributed by atoms with Crippen LogP contribution in [-0.2, 0) is 9.47 Å². The zero-order valence-corrected chi connectivity index (χ0v) is 13.0. The van der Waals surface area contributed by atoms with Crippen molar-refractivity contribution in [3.05, 3.63) is 29.8 Å². The van der Waals surface area contributed by atoms with Gasteiger partial charge < -0.3 is 19.5 Å². The van der Waals surface area contributed by atoms with Gasteiger partial charge in [0.2, 0.25) is 0 Å². The van der Waals surface area contributed by atoms with Crippen LogP contribution in [0.25, 0.3) is 0 Å². The second-order valence-electron chi connectivity index (χ2n) is 4.88. The van der Waals surface area contributed by atoms with Crippen LogP contribution in [0.2, 0.25) is 0 Å². The van der Waals surface area contributed by atoms with E-state index < -0.39 is 0 Å². The third-order valence-corrected chi connectivity index (χ3v) is 2.82. The Kier molecular flexibility index (Phi) is 8.26. The summed E-state index contributed by atoms with van der Waals surface area (Å²) >= 11 is 0. The molecule has 1 atom stereocenters. The van der Waals surface area contributed by atoms with E-state index in [0.717, 1.165) is 17.9 Å². The maximum Gasteiger partial charge on any atom is 0.124 e. The summed E-state index contributed by atoms with van der Waals surface area (Å²) in [7, 11) is 1.68. The zero-order chi connectivity index (χ0) is 14.8. The fourth-order valence-electron chi connectivity index (χ4n) is 1.98. The first kappa shape index (κ1) is 17.0. The standard InChI is InChI=1S/C16H27NO3/c1-5-17-15(12-19-11-10-18-4)14-8-6-7-9-16(14)20-13(2)3/h6-9,13,15,17H,5,10-12H2,1-4H3. The normalized spacial score (nSPS) is 12.7. The van der Waals surface area contributed by atoms with E-state index >= 15 is 0 Å². The Labute approximate surface area is 122 Å². The van der Waals surface area contributed by atoms with Crippen molar-refractivity contribution in [3.63, 3.8) is 0 Å². The van der Waals surface area contributed by atoms with Crippen LogP contribution < -0.4 is 10.1 Å². The van der Waals surface area contributed by atoms with Crippen molar-refractivity contribution in [3.8, 4) is 5.75 Å². The van der Waals surface area contributed by atoms with Crippen molar-refractivity contribution in [1.82, 2.24) is 5.32 Å². The van der Waals surface area contributed by atoms with Gasteiger partial charge in [-0.05, 0) is 26.5 Å². The third-order valence-electron chi connectivity index (χ3n) is 2.82. The van der Waals surface area contributed by atoms with Crippen molar-refractivity contribution < 1.29 is 14.2 Å². The molecule has 114 valence electrons. The second kappa shape index (κ2) is 9.75. The number of benzene rings is 1. The number of para-hydroxylation sites is 1. The van der Waals surface area contributed by atoms with Crippen LogP contribution in [0.15, 0.2) is 24.3 Å². The molecule has 0 aliphatic rings. The van der Waals surface area contributed by atoms with E-state index in [1.165, 1.54) is 0 Å². The molecule has 4 nitrogen and oxygen atoms in total. The van der Waals surface area contributed by atoms with Crippen LogP contribution in [0.5, 0.6) is 5.75 Å². The highest BCUT2D eigenvalue weighted by atomic mass is 16.5. The lowest BCUT2D eigenvalue weighted by Gasteiger charge is -2.22. The average Bonchev–Trinajstić information content (AvgIpc) is 2.42. The molecule has 20 heavy (non-hydrogen) atoms. The molecule has 0 radical (unpaired) electrons. The average molecular weight is 281 g/mol. The largest absolute Gasteiger partial charge is 0.491 e. The van der Waals surface area contributed by atoms with Gasteiger partial charge in [0.15, 0.2) is 0 Å². The SMILES string of the molecule is CCNC(COCCOC)c1ccccc1OC(C)C. The van der Waals surface area contributed by atoms with Gasteiger partial charge in [-0.3, -0.25) is 0 Å². The second-order valence-corrected chi connectivity index (χ2v) is 4.88. The highest BCUT2D eigenvalue weighted by Crippen LogP contribution is 2.26. The minimum Gasteiger partial charge on any atom is -0.491 e. The van der Waals surface area contributed by atoms with Gasteiger partial charge in [-0.2, -0.15) is 0 Å². The summed E-state index contributed by atoms with van der Waals surface area (Å²) in [6, 6.07) is 8.25. The quantitative estimate of drug-likeness (QED) is 0.669. The van der Waals surface area contributed by atoms with Crippen molar-refractivity contribution in [2.24, 2.45) is 0 Å². The Morgan fingerprint density at radius 1 is 1.15 bits per heavy atom. The number of hydrogen-bond acceptors (Lipinski definition) is 4. The molecule has 0 heterocycles. The number of nitrogens with one attached hydrogen (secondary N) is 1. The number of hydrogen-bond donors (Lipinski definition) is 1. The van der Waals surface area contributed by atoms with Gasteiger partial charge in [0.25, 0.3) is 0 Å². The molecular formula is C16H27NO3. The van der Waals surface area contributed by atoms with E-state index in [1.807, 2.05) is 32.0 Å². The summed E-state index contributed by atoms with van der Waals surface area (Å²) in [6.07, 6.45) is 0.160. The zero-order valence-electron chi connectivity index (χ0n) is 13.0. The fourth-order valence-corrected chi connectivity index (χ4v) is 1.98. The predicted octanol–water partition coefficient (Wildman–Crippen LogP) is 2.79. The first-order valence-corrected chi connectivity index (χ1v) is 7.24. The smallest absolute Gasteiger partial charge is 0.124 e. The Morgan fingerprint density at radius 2 is 1.90 bits per heavy atom. The van der Waals surface area contributed by atoms with Crippen LogP contribution in [0.1, 0.15) is 32.4 Å². The molecule has 0 aliphatic heterocycles. The highest BCUT2D eigenvalue weighted by Gasteiger charge is 2.16. The Balaban J connectivity index is 2.74. The first-order chi connectivity index (χ1) is 9.69. The van der Waals surface area contributed by atoms with E-state index in [1.54, 1.807) is 7.11 Å². The molecule has 0 aliphatic carbocycles. The van der Waals surface area contributed by atoms with Crippen molar-refractivity contribution in [2.75, 3.05) is 33.5 Å². The molecule has 1 N–H and O–H groups in total. The summed E-state index contributed by atoms with van der Waals surface area (Å²) in [6.45, 7) is 8.87. The van der Waals surface area contributed by atoms with Crippen LogP contribution >= 0.6 is 0 Å². The number of ether oxygens (including phenoxy) is 3. The van der Waals surface area contributed by atoms with Gasteiger partial charge >= 0.3 is 0 Å². The Morgan fingerprint density at radius 3 is 2.55 bits per heavy atom. The minimum absolute atomic E-state index is 0.131. The van der Waals surface area contributed by atoms with Crippen LogP contribution in [0, 0.1) is 0 Å². The highest BCUT2D eigenvalue weighted by molar-refractivity contribution is 5.36. The molecule has 1 aromatic carbocycles. The van der Waals surface area contributed by atoms with E-state index in [9.17, 15) is 0 Å². The molecular weight excluding hydrogens is 254 g/mol. The summed E-state index contributed by atoms with van der Waals surface area (Å²) < 4.78 is 16.5. The lowest BCUT2D eigenvalue weighted by atomic mass is 10.1. The van der Waals surface area contributed by atoms with Gasteiger partial charge in [0.05, 0.1) is 32.0 Å². The molecule has 1 rings (SSSR count). The molecule has 0 bridgehead atoms. The van der Waals surface area contributed by atoms with Crippen LogP contribution in [-0.4, -0.2) is 39.6 Å². The van der Waals surface area contributed by atoms with E-state index in [4.69, 9.17) is 14.2 Å². The van der Waals surface area contributed by atoms with Crippen LogP contribution in [0.4, 0.5) is 0 Å². The molecule has 1 unspecified atom stereocenters. The van der Waals surface area contributed by atoms with Gasteiger partial charge in [0.1, 0.15) is 5.75 Å². The van der Waals surface area contributed by atoms with E-state index in [0.29, 0.717) is 19.8 Å². The Bertz CT molecular complexity index is 368. The van der Waals surface area contributed by atoms with E-state index in [-0.39, 0.29) is 12.1 Å². The summed E-state index contributed by atoms with van der Waals surface area (Å²) in [4.78, 5) is 0. The van der Waals surface area contributed by atoms with E-state index in [2.05, 4.69) is 18.3 Å². The molecule has 4 heteroatoms. The minimum atomic E-state index is 0.131. The molecule has 0 aromatic heterocycles. The molecule has 0 amide bonds. The molecule has 0 saturated carbocycles. The molecule has 0 spiro atoms. The molecule has 1 aromatic rings. The maximum atomic E-state index is 5.88. The molecule has 0 fully saturated rings. The van der Waals surface area contributed by atoms with Crippen molar-refractivity contribution in [2.45, 2.75) is 32.9 Å². The van der Waals surface area contributed by atoms with Gasteiger partial charge in [0, 0.05) is 12.7 Å². The van der Waals surface area contributed by atoms with Crippen LogP contribution in [0.3, 0.4) is 0 Å². The predicted molar refractivity (Wildman–Crippen MR) is 81.3 cm³/mol. The van der Waals surface area contributed by atoms with Crippen molar-refractivity contribution in [1.29, 1.82) is 0 Å². The summed E-state index contributed by atoms with van der Waals surface area (Å²) in [5.41, 5.74) is 1.14. The number of likely N-dealkylation sites (N-methyl/N-ethyl adjacent to an activating group) is 1. The summed E-state index contributed by atoms with van der Waals surface area (Å²) in [5, 5.41) is 3.44. The number of rotatable bonds is 10. The first-order valence-electron chi connectivity index (χ1n) is 7.24. The Hall–Kier alpha value is -1.10. The summed E-state index contributed by atoms with van der Waals surface area (Å²) in [5.74, 6) is 0.920. The topological polar surface area (TPSA) is 39.7 Å². The maximum absolute atomic E-state index is 5.88. The van der Waals surface area contributed by atoms with Gasteiger partial charge in [-0.25, -0.2) is 0 Å². The lowest BCUT2D eigenvalue weighted by Crippen LogP contribution is -2.27. The number of methoxy groups -OCH3 is 1. The molecule has 0 saturated heterocycles. The van der Waals surface area contributed by atoms with Gasteiger partial charge in [-0.1, -0.05) is 25.1 Å². The van der Waals surface area contributed by atoms with Crippen molar-refractivity contribution >= 4 is 0 Å². The van der Waals surface area contributed by atoms with Gasteiger partial charge in [-0.15, -0.1) is 0 Å². The fraction of sp³-hybridized carbons (Fsp3) is 0.625. The third kappa shape index (κ3) is 5.90. The lowest BCUT2D eigenvalue weighted by molar-refractivity contribution is 0.0582.